The summed E-state index contributed by atoms with van der Waals surface area (Å²) in [5.41, 5.74) is 0.0426. The molecular weight excluding hydrogens is 491 g/mol. The molecule has 1 heterocycles. The number of benzene rings is 2. The fraction of sp³-hybridized carbons (Fsp3) is 0.533. The number of fused-ring (bicyclic) bond motifs is 4. The number of carbonyl (C=O) groups is 2. The number of methoxy groups -OCH3 is 1. The molecule has 0 saturated heterocycles. The summed E-state index contributed by atoms with van der Waals surface area (Å²) in [4.78, 5) is 26.6. The van der Waals surface area contributed by atoms with Crippen LogP contribution < -0.4 is 14.2 Å². The van der Waals surface area contributed by atoms with E-state index in [9.17, 15) is 14.7 Å². The van der Waals surface area contributed by atoms with Gasteiger partial charge in [0.05, 0.1) is 24.2 Å². The number of cyclic esters (lactones) is 1. The number of hydrogen-bond donors (Lipinski definition) is 1. The first-order valence-electron chi connectivity index (χ1n) is 13.3. The quantitative estimate of drug-likeness (QED) is 0.343. The van der Waals surface area contributed by atoms with Crippen molar-refractivity contribution < 1.29 is 38.0 Å². The van der Waals surface area contributed by atoms with Crippen molar-refractivity contribution in [3.05, 3.63) is 46.3 Å². The van der Waals surface area contributed by atoms with Gasteiger partial charge in [0.25, 0.3) is 0 Å². The number of esters is 2. The van der Waals surface area contributed by atoms with Gasteiger partial charge in [-0.25, -0.2) is 9.18 Å². The third-order valence-corrected chi connectivity index (χ3v) is 8.45. The predicted molar refractivity (Wildman–Crippen MR) is 137 cm³/mol. The highest BCUT2D eigenvalue weighted by molar-refractivity contribution is 5.97. The van der Waals surface area contributed by atoms with Gasteiger partial charge in [-0.3, -0.25) is 4.79 Å². The molecule has 0 spiro atoms. The fourth-order valence-electron chi connectivity index (χ4n) is 6.44. The Labute approximate surface area is 222 Å². The lowest BCUT2D eigenvalue weighted by molar-refractivity contribution is -0.148. The maximum atomic E-state index is 15.3. The summed E-state index contributed by atoms with van der Waals surface area (Å²) in [6, 6.07) is 4.59. The van der Waals surface area contributed by atoms with Crippen molar-refractivity contribution >= 4 is 11.9 Å². The molecule has 3 aliphatic rings. The lowest BCUT2D eigenvalue weighted by Crippen LogP contribution is -2.37. The SMILES string of the molecule is COc1c(C(O)CC(C)C)ccc2c1C(=O)OCc1c(F)c(C)cc(OC(=O)C3(C)CC4CCC3C4)c1O2. The third kappa shape index (κ3) is 4.42. The average molecular weight is 527 g/mol. The minimum Gasteiger partial charge on any atom is -0.495 e. The van der Waals surface area contributed by atoms with E-state index in [4.69, 9.17) is 18.9 Å². The van der Waals surface area contributed by atoms with Crippen molar-refractivity contribution in [2.75, 3.05) is 7.11 Å². The molecule has 1 N–H and O–H groups in total. The summed E-state index contributed by atoms with van der Waals surface area (Å²) in [6.07, 6.45) is 3.52. The van der Waals surface area contributed by atoms with E-state index in [-0.39, 0.29) is 57.5 Å². The van der Waals surface area contributed by atoms with Gasteiger partial charge in [0.15, 0.2) is 11.5 Å². The van der Waals surface area contributed by atoms with E-state index in [0.717, 1.165) is 25.7 Å². The molecule has 5 rings (SSSR count). The van der Waals surface area contributed by atoms with Crippen molar-refractivity contribution in [2.45, 2.75) is 72.5 Å². The topological polar surface area (TPSA) is 91.3 Å². The molecule has 0 amide bonds. The molecule has 4 atom stereocenters. The van der Waals surface area contributed by atoms with Crippen molar-refractivity contribution in [1.82, 2.24) is 0 Å². The van der Waals surface area contributed by atoms with Gasteiger partial charge in [-0.1, -0.05) is 20.3 Å². The molecule has 2 bridgehead atoms. The third-order valence-electron chi connectivity index (χ3n) is 8.45. The highest BCUT2D eigenvalue weighted by Crippen LogP contribution is 2.56. The Morgan fingerprint density at radius 2 is 2.05 bits per heavy atom. The maximum Gasteiger partial charge on any atom is 0.346 e. The molecule has 2 fully saturated rings. The smallest absolute Gasteiger partial charge is 0.346 e. The van der Waals surface area contributed by atoms with Gasteiger partial charge in [0.2, 0.25) is 0 Å². The molecule has 2 aromatic carbocycles. The molecule has 2 aromatic rings. The van der Waals surface area contributed by atoms with Crippen LogP contribution in [0.4, 0.5) is 4.39 Å². The second-order valence-corrected chi connectivity index (χ2v) is 11.6. The van der Waals surface area contributed by atoms with Crippen LogP contribution in [0.5, 0.6) is 23.0 Å². The number of rotatable bonds is 6. The summed E-state index contributed by atoms with van der Waals surface area (Å²) in [5, 5.41) is 10.8. The Morgan fingerprint density at radius 1 is 1.29 bits per heavy atom. The molecule has 204 valence electrons. The Morgan fingerprint density at radius 3 is 2.68 bits per heavy atom. The van der Waals surface area contributed by atoms with Gasteiger partial charge in [0.1, 0.15) is 29.5 Å². The lowest BCUT2D eigenvalue weighted by Gasteiger charge is -2.32. The monoisotopic (exact) mass is 526 g/mol. The summed E-state index contributed by atoms with van der Waals surface area (Å²) < 4.78 is 38.4. The average Bonchev–Trinajstić information content (AvgIpc) is 3.46. The largest absolute Gasteiger partial charge is 0.495 e. The predicted octanol–water partition coefficient (Wildman–Crippen LogP) is 6.42. The van der Waals surface area contributed by atoms with Gasteiger partial charge >= 0.3 is 11.9 Å². The van der Waals surface area contributed by atoms with Crippen molar-refractivity contribution in [2.24, 2.45) is 23.2 Å². The zero-order valence-corrected chi connectivity index (χ0v) is 22.6. The molecule has 2 aliphatic carbocycles. The van der Waals surface area contributed by atoms with E-state index < -0.39 is 29.9 Å². The molecule has 7 nitrogen and oxygen atoms in total. The van der Waals surface area contributed by atoms with E-state index in [1.165, 1.54) is 19.2 Å². The number of aliphatic hydroxyl groups is 1. The number of hydrogen-bond acceptors (Lipinski definition) is 7. The minimum absolute atomic E-state index is 0.00668. The highest BCUT2D eigenvalue weighted by atomic mass is 19.1. The van der Waals surface area contributed by atoms with Crippen LogP contribution >= 0.6 is 0 Å². The van der Waals surface area contributed by atoms with Gasteiger partial charge in [-0.15, -0.1) is 0 Å². The van der Waals surface area contributed by atoms with Crippen LogP contribution in [0.3, 0.4) is 0 Å². The van der Waals surface area contributed by atoms with Crippen LogP contribution in [0.2, 0.25) is 0 Å². The van der Waals surface area contributed by atoms with Crippen molar-refractivity contribution in [3.63, 3.8) is 0 Å². The van der Waals surface area contributed by atoms with E-state index in [1.54, 1.807) is 13.0 Å². The number of halogens is 1. The molecule has 1 aliphatic heterocycles. The van der Waals surface area contributed by atoms with Crippen LogP contribution in [0.15, 0.2) is 18.2 Å². The Bertz CT molecular complexity index is 1290. The van der Waals surface area contributed by atoms with E-state index in [1.807, 2.05) is 20.8 Å². The zero-order valence-electron chi connectivity index (χ0n) is 22.6. The van der Waals surface area contributed by atoms with Gasteiger partial charge in [-0.05, 0) is 81.0 Å². The molecule has 2 saturated carbocycles. The first kappa shape index (κ1) is 26.5. The molecular formula is C30H35FO7. The zero-order chi connectivity index (χ0) is 27.4. The van der Waals surface area contributed by atoms with Crippen molar-refractivity contribution in [1.29, 1.82) is 0 Å². The van der Waals surface area contributed by atoms with Crippen LogP contribution in [0.1, 0.15) is 86.0 Å². The normalized spacial score (nSPS) is 24.6. The number of aryl methyl sites for hydroxylation is 1. The standard InChI is InChI=1S/C30H35FO7/c1-15(2)10-21(32)19-8-9-22-24(27(19)35-5)28(33)36-14-20-25(31)16(3)11-23(26(20)37-22)38-29(34)30(4)13-17-6-7-18(30)12-17/h8-9,11,15,17-18,21,32H,6-7,10,12-14H2,1-5H3. The Hall–Kier alpha value is -3.13. The second-order valence-electron chi connectivity index (χ2n) is 11.6. The summed E-state index contributed by atoms with van der Waals surface area (Å²) in [6.45, 7) is 7.05. The van der Waals surface area contributed by atoms with Crippen LogP contribution in [-0.2, 0) is 16.1 Å². The number of aliphatic hydroxyl groups excluding tert-OH is 1. The highest BCUT2D eigenvalue weighted by Gasteiger charge is 2.53. The summed E-state index contributed by atoms with van der Waals surface area (Å²) in [5.74, 6) is -0.468. The molecule has 38 heavy (non-hydrogen) atoms. The van der Waals surface area contributed by atoms with E-state index >= 15 is 4.39 Å². The maximum absolute atomic E-state index is 15.3. The second kappa shape index (κ2) is 9.88. The van der Waals surface area contributed by atoms with E-state index in [0.29, 0.717) is 17.9 Å². The van der Waals surface area contributed by atoms with Crippen LogP contribution in [-0.4, -0.2) is 24.2 Å². The van der Waals surface area contributed by atoms with Gasteiger partial charge in [-0.2, -0.15) is 0 Å². The number of ether oxygens (including phenoxy) is 4. The van der Waals surface area contributed by atoms with Crippen molar-refractivity contribution in [3.8, 4) is 23.0 Å². The van der Waals surface area contributed by atoms with E-state index in [2.05, 4.69) is 0 Å². The first-order valence-corrected chi connectivity index (χ1v) is 13.3. The summed E-state index contributed by atoms with van der Waals surface area (Å²) >= 11 is 0. The first-order chi connectivity index (χ1) is 18.0. The van der Waals surface area contributed by atoms with Crippen LogP contribution in [0.25, 0.3) is 0 Å². The summed E-state index contributed by atoms with van der Waals surface area (Å²) in [7, 11) is 1.40. The Kier molecular flexibility index (Phi) is 6.88. The van der Waals surface area contributed by atoms with Gasteiger partial charge < -0.3 is 24.1 Å². The Balaban J connectivity index is 1.56. The lowest BCUT2D eigenvalue weighted by atomic mass is 9.75. The van der Waals surface area contributed by atoms with Crippen LogP contribution in [0, 0.1) is 35.9 Å². The molecule has 4 unspecified atom stereocenters. The molecule has 0 aromatic heterocycles. The molecule has 8 heteroatoms. The fourth-order valence-corrected chi connectivity index (χ4v) is 6.44. The number of carbonyl (C=O) groups excluding carboxylic acids is 2. The molecule has 0 radical (unpaired) electrons. The van der Waals surface area contributed by atoms with Gasteiger partial charge in [0, 0.05) is 5.56 Å². The minimum atomic E-state index is -0.875.